The van der Waals surface area contributed by atoms with Crippen molar-refractivity contribution in [2.75, 3.05) is 19.8 Å². The van der Waals surface area contributed by atoms with Gasteiger partial charge in [0.05, 0.1) is 37.0 Å². The van der Waals surface area contributed by atoms with Crippen LogP contribution >= 0.6 is 0 Å². The van der Waals surface area contributed by atoms with Gasteiger partial charge in [0, 0.05) is 26.2 Å². The first-order valence-corrected chi connectivity index (χ1v) is 19.9. The van der Waals surface area contributed by atoms with E-state index in [1.165, 1.54) is 0 Å². The third-order valence-electron chi connectivity index (χ3n) is 11.5. The third kappa shape index (κ3) is 12.3. The van der Waals surface area contributed by atoms with Crippen molar-refractivity contribution < 1.29 is 98.5 Å². The van der Waals surface area contributed by atoms with Crippen LogP contribution in [-0.2, 0) is 46.3 Å². The molecule has 1 saturated carbocycles. The molecule has 1 unspecified atom stereocenters. The number of benzene rings is 2. The van der Waals surface area contributed by atoms with Crippen LogP contribution < -0.4 is 34.7 Å². The minimum absolute atomic E-state index is 0. The molecule has 14 atom stereocenters. The van der Waals surface area contributed by atoms with Gasteiger partial charge in [-0.2, -0.15) is 0 Å². The number of carbonyl (C=O) groups is 1. The Labute approximate surface area is 356 Å². The topological polar surface area (TPSA) is 220 Å². The van der Waals surface area contributed by atoms with Crippen molar-refractivity contribution in [2.24, 2.45) is 5.92 Å². The number of rotatable bonds is 16. The van der Waals surface area contributed by atoms with Crippen LogP contribution in [0.2, 0.25) is 0 Å². The normalized spacial score (nSPS) is 35.7. The SMILES string of the molecule is C[C@H]1O[C@H](O[C@H]2C(CN(Cc3ccccc3)Cc3ccccc3)OCC[C@@H]2O[C@H]2O[C@@H](CO)[C@@H](O)[C@H](O[C@@H](CC3CCCCC3)C(=O)[O-])[C@H]2O)[C@@H](O)[C@H](O)[C@H]1O.[Na+]. The zero-order valence-electron chi connectivity index (χ0n) is 32.8. The Morgan fingerprint density at radius 2 is 1.39 bits per heavy atom. The molecule has 0 bridgehead atoms. The number of carboxylic acid groups (broad SMARTS) is 1. The summed E-state index contributed by atoms with van der Waals surface area (Å²) in [6, 6.07) is 19.8. The summed E-state index contributed by atoms with van der Waals surface area (Å²) >= 11 is 0. The van der Waals surface area contributed by atoms with Crippen LogP contribution in [0.25, 0.3) is 0 Å². The number of nitrogens with zero attached hydrogens (tertiary/aromatic N) is 1. The number of hydrogen-bond donors (Lipinski definition) is 6. The van der Waals surface area contributed by atoms with Gasteiger partial charge in [-0.1, -0.05) is 92.8 Å². The van der Waals surface area contributed by atoms with Crippen molar-refractivity contribution in [3.8, 4) is 0 Å². The van der Waals surface area contributed by atoms with E-state index >= 15 is 0 Å². The van der Waals surface area contributed by atoms with E-state index in [9.17, 15) is 40.5 Å². The molecule has 1 aliphatic carbocycles. The van der Waals surface area contributed by atoms with Crippen molar-refractivity contribution in [1.82, 2.24) is 4.90 Å². The minimum Gasteiger partial charge on any atom is -0.547 e. The van der Waals surface area contributed by atoms with Crippen LogP contribution in [0.4, 0.5) is 0 Å². The third-order valence-corrected chi connectivity index (χ3v) is 11.5. The Balaban J connectivity index is 0.00000620. The maximum absolute atomic E-state index is 12.3. The molecule has 6 N–H and O–H groups in total. The van der Waals surface area contributed by atoms with Crippen molar-refractivity contribution in [2.45, 2.75) is 151 Å². The molecule has 3 aliphatic heterocycles. The van der Waals surface area contributed by atoms with Crippen molar-refractivity contribution >= 4 is 5.97 Å². The number of aliphatic carboxylic acids is 1. The van der Waals surface area contributed by atoms with Crippen LogP contribution in [-0.4, -0.2) is 147 Å². The zero-order valence-corrected chi connectivity index (χ0v) is 34.8. The largest absolute Gasteiger partial charge is 1.00 e. The van der Waals surface area contributed by atoms with Gasteiger partial charge in [-0.15, -0.1) is 0 Å². The van der Waals surface area contributed by atoms with Crippen molar-refractivity contribution in [3.63, 3.8) is 0 Å². The van der Waals surface area contributed by atoms with Gasteiger partial charge in [0.15, 0.2) is 12.6 Å². The summed E-state index contributed by atoms with van der Waals surface area (Å²) < 4.78 is 36.9. The number of ether oxygens (including phenoxy) is 6. The Bertz CT molecular complexity index is 1430. The second-order valence-electron chi connectivity index (χ2n) is 15.7. The number of aliphatic hydroxyl groups excluding tert-OH is 6. The van der Waals surface area contributed by atoms with Gasteiger partial charge < -0.3 is 69.0 Å². The summed E-state index contributed by atoms with van der Waals surface area (Å²) in [5.41, 5.74) is 2.11. The molecule has 16 heteroatoms. The second-order valence-corrected chi connectivity index (χ2v) is 15.7. The molecule has 0 aromatic heterocycles. The van der Waals surface area contributed by atoms with E-state index in [0.29, 0.717) is 19.6 Å². The molecule has 0 spiro atoms. The fourth-order valence-corrected chi connectivity index (χ4v) is 8.34. The molecule has 4 fully saturated rings. The van der Waals surface area contributed by atoms with E-state index in [4.69, 9.17) is 28.4 Å². The van der Waals surface area contributed by atoms with Gasteiger partial charge in [-0.25, -0.2) is 0 Å². The summed E-state index contributed by atoms with van der Waals surface area (Å²) in [5, 5.41) is 77.3. The molecular formula is C41H58NNaO14. The Morgan fingerprint density at radius 1 is 0.772 bits per heavy atom. The van der Waals surface area contributed by atoms with Gasteiger partial charge in [0.25, 0.3) is 0 Å². The number of carboxylic acids is 1. The van der Waals surface area contributed by atoms with E-state index < -0.39 is 98.4 Å². The first-order chi connectivity index (χ1) is 27.0. The van der Waals surface area contributed by atoms with Crippen LogP contribution in [0.15, 0.2) is 60.7 Å². The molecule has 3 saturated heterocycles. The number of carbonyl (C=O) groups excluding carboxylic acids is 1. The summed E-state index contributed by atoms with van der Waals surface area (Å²) in [6.07, 6.45) is -13.6. The summed E-state index contributed by atoms with van der Waals surface area (Å²) in [5.74, 6) is -1.38. The molecule has 0 radical (unpaired) electrons. The first kappa shape index (κ1) is 46.5. The maximum Gasteiger partial charge on any atom is 1.00 e. The Hall–Kier alpha value is -1.61. The monoisotopic (exact) mass is 811 g/mol. The Morgan fingerprint density at radius 3 is 1.98 bits per heavy atom. The van der Waals surface area contributed by atoms with E-state index in [2.05, 4.69) is 4.90 Å². The predicted molar refractivity (Wildman–Crippen MR) is 196 cm³/mol. The van der Waals surface area contributed by atoms with E-state index in [0.717, 1.165) is 43.2 Å². The van der Waals surface area contributed by atoms with E-state index in [-0.39, 0.29) is 54.9 Å². The first-order valence-electron chi connectivity index (χ1n) is 19.9. The van der Waals surface area contributed by atoms with Crippen LogP contribution in [0.5, 0.6) is 0 Å². The fraction of sp³-hybridized carbons (Fsp3) is 0.683. The van der Waals surface area contributed by atoms with Gasteiger partial charge in [0.2, 0.25) is 0 Å². The van der Waals surface area contributed by atoms with Crippen molar-refractivity contribution in [3.05, 3.63) is 71.8 Å². The van der Waals surface area contributed by atoms with Crippen LogP contribution in [0, 0.1) is 5.92 Å². The summed E-state index contributed by atoms with van der Waals surface area (Å²) in [7, 11) is 0. The molecule has 2 aromatic rings. The van der Waals surface area contributed by atoms with Gasteiger partial charge in [-0.05, 0) is 36.8 Å². The zero-order chi connectivity index (χ0) is 39.8. The second kappa shape index (κ2) is 22.3. The van der Waals surface area contributed by atoms with Gasteiger partial charge in [0.1, 0.15) is 48.8 Å². The van der Waals surface area contributed by atoms with Gasteiger partial charge >= 0.3 is 29.6 Å². The molecular weight excluding hydrogens is 753 g/mol. The summed E-state index contributed by atoms with van der Waals surface area (Å²) in [6.45, 7) is 2.42. The molecule has 6 rings (SSSR count). The van der Waals surface area contributed by atoms with E-state index in [1.807, 2.05) is 60.7 Å². The molecule has 3 heterocycles. The van der Waals surface area contributed by atoms with Crippen LogP contribution in [0.1, 0.15) is 63.0 Å². The molecule has 4 aliphatic rings. The standard InChI is InChI=1S/C41H59NO14.Na/c1-24-32(44)34(46)35(47)40(52-24)56-37-28(17-18-51-30(37)22-42(20-26-13-7-3-8-14-26)21-27-15-9-4-10-16-27)54-41-36(48)38(33(45)31(23-43)55-41)53-29(39(49)50)19-25-11-5-2-6-12-25;/h3-4,7-10,13-16,24-25,28-38,40-41,43-48H,2,5-6,11-12,17-23H2,1H3,(H,49,50);/q;+1/p-1/t24-,28+,29+,30?,31+,32+,33-,34-,35+,36-,37-,38+,40-,41+;/m1./s1. The molecule has 15 nitrogen and oxygen atoms in total. The molecule has 57 heavy (non-hydrogen) atoms. The van der Waals surface area contributed by atoms with Crippen LogP contribution in [0.3, 0.4) is 0 Å². The maximum atomic E-state index is 12.3. The molecule has 312 valence electrons. The number of aliphatic hydroxyl groups is 6. The quantitative estimate of drug-likeness (QED) is 0.0931. The molecule has 2 aromatic carbocycles. The average Bonchev–Trinajstić information content (AvgIpc) is 3.20. The predicted octanol–water partition coefficient (Wildman–Crippen LogP) is -3.01. The van der Waals surface area contributed by atoms with Crippen molar-refractivity contribution in [1.29, 1.82) is 0 Å². The molecule has 0 amide bonds. The summed E-state index contributed by atoms with van der Waals surface area (Å²) in [4.78, 5) is 14.5. The average molecular weight is 812 g/mol. The van der Waals surface area contributed by atoms with E-state index in [1.54, 1.807) is 6.92 Å². The minimum atomic E-state index is -1.70. The van der Waals surface area contributed by atoms with Gasteiger partial charge in [-0.3, -0.25) is 4.90 Å². The fourth-order valence-electron chi connectivity index (χ4n) is 8.34. The Kier molecular flexibility index (Phi) is 18.2. The number of hydrogen-bond acceptors (Lipinski definition) is 15. The smallest absolute Gasteiger partial charge is 0.547 e.